The lowest BCUT2D eigenvalue weighted by Gasteiger charge is -2.25. The number of amides is 3. The van der Waals surface area contributed by atoms with Crippen LogP contribution in [0.25, 0.3) is 10.9 Å². The van der Waals surface area contributed by atoms with Crippen molar-refractivity contribution >= 4 is 57.3 Å². The molecule has 0 atom stereocenters. The van der Waals surface area contributed by atoms with Crippen molar-refractivity contribution in [1.82, 2.24) is 9.47 Å². The van der Waals surface area contributed by atoms with E-state index in [-0.39, 0.29) is 18.4 Å². The Morgan fingerprint density at radius 1 is 1.24 bits per heavy atom. The summed E-state index contributed by atoms with van der Waals surface area (Å²) in [6, 6.07) is 7.47. The quantitative estimate of drug-likeness (QED) is 0.584. The highest BCUT2D eigenvalue weighted by atomic mass is 35.5. The number of halogens is 1. The van der Waals surface area contributed by atoms with E-state index in [4.69, 9.17) is 5.73 Å². The normalized spacial score (nSPS) is 13.6. The second-order valence-corrected chi connectivity index (χ2v) is 8.05. The topological polar surface area (TPSA) is 92.4 Å². The molecule has 2 aromatic heterocycles. The molecule has 0 aliphatic carbocycles. The number of aromatic nitrogens is 1. The van der Waals surface area contributed by atoms with Crippen LogP contribution in [0.15, 0.2) is 30.5 Å². The maximum atomic E-state index is 12.7. The Labute approximate surface area is 179 Å². The summed E-state index contributed by atoms with van der Waals surface area (Å²) < 4.78 is 1.96. The number of anilines is 2. The molecule has 0 spiro atoms. The summed E-state index contributed by atoms with van der Waals surface area (Å²) >= 11 is 1.44. The summed E-state index contributed by atoms with van der Waals surface area (Å²) in [4.78, 5) is 28.1. The van der Waals surface area contributed by atoms with Gasteiger partial charge in [-0.3, -0.25) is 15.0 Å². The predicted molar refractivity (Wildman–Crippen MR) is 120 cm³/mol. The lowest BCUT2D eigenvalue weighted by atomic mass is 10.0. The summed E-state index contributed by atoms with van der Waals surface area (Å²) in [5.41, 5.74) is 8.80. The third kappa shape index (κ3) is 3.96. The van der Waals surface area contributed by atoms with Crippen molar-refractivity contribution in [2.75, 3.05) is 23.7 Å². The molecule has 0 fully saturated rings. The van der Waals surface area contributed by atoms with E-state index < -0.39 is 5.91 Å². The molecule has 29 heavy (non-hydrogen) atoms. The number of thiophene rings is 1. The van der Waals surface area contributed by atoms with Crippen LogP contribution in [0, 0.1) is 0 Å². The number of carbonyl (C=O) groups is 2. The number of nitrogens with zero attached hydrogens (tertiary/aromatic N) is 2. The molecule has 3 aromatic rings. The van der Waals surface area contributed by atoms with Crippen LogP contribution in [-0.4, -0.2) is 34.5 Å². The zero-order valence-corrected chi connectivity index (χ0v) is 18.0. The van der Waals surface area contributed by atoms with Gasteiger partial charge >= 0.3 is 6.03 Å². The van der Waals surface area contributed by atoms with Crippen LogP contribution in [0.5, 0.6) is 0 Å². The smallest absolute Gasteiger partial charge is 0.324 e. The molecule has 9 heteroatoms. The standard InChI is InChI=1S/C20H23N5O2S.ClH/c1-3-25-9-8-13-16(11-25)28-19(17(13)18(21)26)23-20(27)22-14-10-24(2)15-7-5-4-6-12(14)15;/h4-7,10H,3,8-9,11H2,1-2H3,(H2,21,26)(H2,22,23,27);1H. The minimum absolute atomic E-state index is 0. The van der Waals surface area contributed by atoms with Gasteiger partial charge in [-0.2, -0.15) is 0 Å². The number of nitrogens with two attached hydrogens (primary N) is 1. The average molecular weight is 434 g/mol. The molecule has 3 amide bonds. The van der Waals surface area contributed by atoms with E-state index in [2.05, 4.69) is 22.5 Å². The third-order valence-electron chi connectivity index (χ3n) is 5.20. The zero-order valence-electron chi connectivity index (χ0n) is 16.3. The number of nitrogens with one attached hydrogen (secondary N) is 2. The number of hydrogen-bond acceptors (Lipinski definition) is 4. The summed E-state index contributed by atoms with van der Waals surface area (Å²) in [6.45, 7) is 4.74. The zero-order chi connectivity index (χ0) is 19.8. The first-order valence-corrected chi connectivity index (χ1v) is 10.1. The molecule has 7 nitrogen and oxygen atoms in total. The number of likely N-dealkylation sites (N-methyl/N-ethyl adjacent to an activating group) is 1. The number of aryl methyl sites for hydroxylation is 1. The van der Waals surface area contributed by atoms with E-state index in [0.29, 0.717) is 10.6 Å². The van der Waals surface area contributed by atoms with Crippen molar-refractivity contribution in [3.8, 4) is 0 Å². The van der Waals surface area contributed by atoms with E-state index in [1.807, 2.05) is 42.1 Å². The van der Waals surface area contributed by atoms with Gasteiger partial charge in [0.05, 0.1) is 11.3 Å². The number of urea groups is 1. The number of carbonyl (C=O) groups excluding carboxylic acids is 2. The molecule has 3 heterocycles. The first kappa shape index (κ1) is 21.2. The molecular formula is C20H24ClN5O2S. The van der Waals surface area contributed by atoms with Gasteiger partial charge in [0.25, 0.3) is 5.91 Å². The molecule has 1 aliphatic heterocycles. The molecule has 0 unspecified atom stereocenters. The molecule has 4 rings (SSSR count). The van der Waals surface area contributed by atoms with Crippen molar-refractivity contribution in [2.24, 2.45) is 12.8 Å². The summed E-state index contributed by atoms with van der Waals surface area (Å²) in [5, 5.41) is 7.22. The van der Waals surface area contributed by atoms with Crippen molar-refractivity contribution in [3.63, 3.8) is 0 Å². The van der Waals surface area contributed by atoms with Gasteiger partial charge in [-0.05, 0) is 24.6 Å². The van der Waals surface area contributed by atoms with Crippen LogP contribution in [0.3, 0.4) is 0 Å². The van der Waals surface area contributed by atoms with Gasteiger partial charge in [0.1, 0.15) is 5.00 Å². The number of fused-ring (bicyclic) bond motifs is 2. The Kier molecular flexibility index (Phi) is 6.16. The molecule has 4 N–H and O–H groups in total. The van der Waals surface area contributed by atoms with Gasteiger partial charge in [-0.25, -0.2) is 4.79 Å². The fourth-order valence-electron chi connectivity index (χ4n) is 3.77. The van der Waals surface area contributed by atoms with Gasteiger partial charge in [0, 0.05) is 42.1 Å². The Hall–Kier alpha value is -2.55. The monoisotopic (exact) mass is 433 g/mol. The summed E-state index contributed by atoms with van der Waals surface area (Å²) in [6.07, 6.45) is 2.64. The van der Waals surface area contributed by atoms with Crippen LogP contribution >= 0.6 is 23.7 Å². The minimum atomic E-state index is -0.497. The number of primary amides is 1. The SMILES string of the molecule is CCN1CCc2c(sc(NC(=O)Nc3cn(C)c4ccccc34)c2C(N)=O)C1.Cl. The van der Waals surface area contributed by atoms with Gasteiger partial charge in [-0.1, -0.05) is 25.1 Å². The highest BCUT2D eigenvalue weighted by Gasteiger charge is 2.27. The van der Waals surface area contributed by atoms with Crippen molar-refractivity contribution in [3.05, 3.63) is 46.5 Å². The van der Waals surface area contributed by atoms with Gasteiger partial charge in [-0.15, -0.1) is 23.7 Å². The molecule has 0 saturated heterocycles. The molecule has 1 aliphatic rings. The molecule has 0 bridgehead atoms. The molecule has 1 aromatic carbocycles. The number of para-hydroxylation sites is 1. The van der Waals surface area contributed by atoms with E-state index in [1.54, 1.807) is 0 Å². The maximum absolute atomic E-state index is 12.7. The minimum Gasteiger partial charge on any atom is -0.365 e. The second-order valence-electron chi connectivity index (χ2n) is 6.94. The number of rotatable bonds is 4. The Morgan fingerprint density at radius 2 is 2.00 bits per heavy atom. The van der Waals surface area contributed by atoms with Crippen LogP contribution < -0.4 is 16.4 Å². The van der Waals surface area contributed by atoms with Gasteiger partial charge in [0.2, 0.25) is 0 Å². The Bertz CT molecular complexity index is 1070. The molecule has 0 radical (unpaired) electrons. The second kappa shape index (κ2) is 8.44. The van der Waals surface area contributed by atoms with Crippen LogP contribution in [-0.2, 0) is 20.0 Å². The largest absolute Gasteiger partial charge is 0.365 e. The van der Waals surface area contributed by atoms with Crippen LogP contribution in [0.2, 0.25) is 0 Å². The van der Waals surface area contributed by atoms with Crippen molar-refractivity contribution in [1.29, 1.82) is 0 Å². The van der Waals surface area contributed by atoms with E-state index in [1.165, 1.54) is 11.3 Å². The lowest BCUT2D eigenvalue weighted by Crippen LogP contribution is -2.30. The first-order chi connectivity index (χ1) is 13.5. The number of hydrogen-bond donors (Lipinski definition) is 3. The molecule has 0 saturated carbocycles. The highest BCUT2D eigenvalue weighted by Crippen LogP contribution is 2.37. The van der Waals surface area contributed by atoms with E-state index >= 15 is 0 Å². The maximum Gasteiger partial charge on any atom is 0.324 e. The van der Waals surface area contributed by atoms with Gasteiger partial charge in [0.15, 0.2) is 0 Å². The Morgan fingerprint density at radius 3 is 2.72 bits per heavy atom. The average Bonchev–Trinajstić information content (AvgIpc) is 3.18. The summed E-state index contributed by atoms with van der Waals surface area (Å²) in [7, 11) is 1.93. The Balaban J connectivity index is 0.00000240. The predicted octanol–water partition coefficient (Wildman–Crippen LogP) is 3.78. The first-order valence-electron chi connectivity index (χ1n) is 9.26. The van der Waals surface area contributed by atoms with Crippen LogP contribution in [0.4, 0.5) is 15.5 Å². The molecule has 154 valence electrons. The highest BCUT2D eigenvalue weighted by molar-refractivity contribution is 7.17. The third-order valence-corrected chi connectivity index (χ3v) is 6.33. The van der Waals surface area contributed by atoms with Crippen molar-refractivity contribution in [2.45, 2.75) is 19.9 Å². The van der Waals surface area contributed by atoms with Gasteiger partial charge < -0.3 is 15.6 Å². The van der Waals surface area contributed by atoms with Crippen molar-refractivity contribution < 1.29 is 9.59 Å². The lowest BCUT2D eigenvalue weighted by molar-refractivity contribution is 0.1000. The van der Waals surface area contributed by atoms with E-state index in [9.17, 15) is 9.59 Å². The molecular weight excluding hydrogens is 410 g/mol. The fraction of sp³-hybridized carbons (Fsp3) is 0.300. The fourth-order valence-corrected chi connectivity index (χ4v) is 5.06. The van der Waals surface area contributed by atoms with E-state index in [0.717, 1.165) is 53.1 Å². The number of benzene rings is 1. The summed E-state index contributed by atoms with van der Waals surface area (Å²) in [5.74, 6) is -0.497. The van der Waals surface area contributed by atoms with Crippen LogP contribution in [0.1, 0.15) is 27.7 Å².